The van der Waals surface area contributed by atoms with Crippen LogP contribution in [-0.2, 0) is 16.2 Å². The van der Waals surface area contributed by atoms with Crippen molar-refractivity contribution in [2.45, 2.75) is 71.6 Å². The normalized spacial score (nSPS) is 12.4. The predicted octanol–water partition coefficient (Wildman–Crippen LogP) is 5.97. The van der Waals surface area contributed by atoms with Gasteiger partial charge in [-0.1, -0.05) is 53.7 Å². The highest BCUT2D eigenvalue weighted by Crippen LogP contribution is 2.32. The number of imidazole rings is 2. The second-order valence-electron chi connectivity index (χ2n) is 11.8. The molecule has 0 fully saturated rings. The largest absolute Gasteiger partial charge is 0.286 e. The molecule has 8 nitrogen and oxygen atoms in total. The van der Waals surface area contributed by atoms with Crippen LogP contribution < -0.4 is 0 Å². The minimum atomic E-state index is -0.505. The van der Waals surface area contributed by atoms with E-state index in [0.717, 1.165) is 28.9 Å². The third-order valence-electron chi connectivity index (χ3n) is 6.26. The molecule has 4 heterocycles. The second-order valence-corrected chi connectivity index (χ2v) is 11.8. The second kappa shape index (κ2) is 9.07. The third-order valence-corrected chi connectivity index (χ3v) is 6.26. The molecule has 0 N–H and O–H groups in total. The number of nitrogens with zero attached hydrogens (tertiary/aromatic N) is 8. The summed E-state index contributed by atoms with van der Waals surface area (Å²) in [4.78, 5) is 23.3. The lowest BCUT2D eigenvalue weighted by Crippen LogP contribution is -2.25. The van der Waals surface area contributed by atoms with E-state index in [9.17, 15) is 5.26 Å². The molecule has 0 saturated carbocycles. The number of aliphatic imine (C=N–C) groups is 1. The van der Waals surface area contributed by atoms with E-state index in [4.69, 9.17) is 9.97 Å². The first-order valence-electron chi connectivity index (χ1n) is 12.3. The van der Waals surface area contributed by atoms with E-state index in [2.05, 4.69) is 83.1 Å². The molecule has 0 bridgehead atoms. The molecular formula is C29H34N8. The zero-order valence-electron chi connectivity index (χ0n) is 22.9. The number of aromatic nitrogens is 6. The lowest BCUT2D eigenvalue weighted by atomic mass is 9.84. The van der Waals surface area contributed by atoms with Gasteiger partial charge < -0.3 is 0 Å². The maximum atomic E-state index is 9.46. The number of pyridine rings is 2. The van der Waals surface area contributed by atoms with Crippen molar-refractivity contribution in [3.63, 3.8) is 0 Å². The molecule has 0 unspecified atom stereocenters. The van der Waals surface area contributed by atoms with Crippen molar-refractivity contribution in [3.05, 3.63) is 77.5 Å². The summed E-state index contributed by atoms with van der Waals surface area (Å²) >= 11 is 0. The molecule has 4 aromatic heterocycles. The van der Waals surface area contributed by atoms with Crippen molar-refractivity contribution in [2.75, 3.05) is 0 Å². The molecule has 0 aliphatic rings. The highest BCUT2D eigenvalue weighted by atomic mass is 15.2. The Bertz CT molecular complexity index is 1500. The Hall–Kier alpha value is -4.12. The van der Waals surface area contributed by atoms with Crippen LogP contribution >= 0.6 is 0 Å². The zero-order valence-corrected chi connectivity index (χ0v) is 22.9. The Morgan fingerprint density at radius 3 is 1.68 bits per heavy atom. The summed E-state index contributed by atoms with van der Waals surface area (Å²) in [5.41, 5.74) is 1.13. The minimum absolute atomic E-state index is 0.204. The van der Waals surface area contributed by atoms with E-state index in [1.54, 1.807) is 6.20 Å². The molecule has 190 valence electrons. The monoisotopic (exact) mass is 494 g/mol. The fourth-order valence-corrected chi connectivity index (χ4v) is 4.23. The molecule has 0 saturated heterocycles. The molecule has 37 heavy (non-hydrogen) atoms. The van der Waals surface area contributed by atoms with E-state index in [1.807, 2.05) is 51.7 Å². The van der Waals surface area contributed by atoms with Crippen molar-refractivity contribution < 1.29 is 0 Å². The summed E-state index contributed by atoms with van der Waals surface area (Å²) in [6.07, 6.45) is 3.61. The molecule has 0 aliphatic heterocycles. The Kier molecular flexibility index (Phi) is 6.37. The average Bonchev–Trinajstić information content (AvgIpc) is 3.49. The predicted molar refractivity (Wildman–Crippen MR) is 146 cm³/mol. The van der Waals surface area contributed by atoms with Crippen molar-refractivity contribution in [1.29, 1.82) is 5.26 Å². The van der Waals surface area contributed by atoms with Gasteiger partial charge in [0.15, 0.2) is 11.5 Å². The maximum absolute atomic E-state index is 9.46. The van der Waals surface area contributed by atoms with Gasteiger partial charge in [0.05, 0.1) is 17.6 Å². The first kappa shape index (κ1) is 26.0. The van der Waals surface area contributed by atoms with Crippen LogP contribution in [0.2, 0.25) is 0 Å². The van der Waals surface area contributed by atoms with Crippen LogP contribution in [-0.4, -0.2) is 35.8 Å². The average molecular weight is 495 g/mol. The topological polar surface area (TPSA) is 97.6 Å². The van der Waals surface area contributed by atoms with Gasteiger partial charge >= 0.3 is 0 Å². The quantitative estimate of drug-likeness (QED) is 0.318. The van der Waals surface area contributed by atoms with Crippen LogP contribution in [0.25, 0.3) is 11.6 Å². The van der Waals surface area contributed by atoms with E-state index in [0.29, 0.717) is 17.3 Å². The Morgan fingerprint density at radius 1 is 0.730 bits per heavy atom. The van der Waals surface area contributed by atoms with Crippen LogP contribution in [0.15, 0.2) is 53.8 Å². The minimum Gasteiger partial charge on any atom is -0.286 e. The molecule has 4 aromatic rings. The Morgan fingerprint density at radius 2 is 1.22 bits per heavy atom. The van der Waals surface area contributed by atoms with Crippen LogP contribution in [0, 0.1) is 11.3 Å². The molecule has 4 rings (SSSR count). The third kappa shape index (κ3) is 4.94. The van der Waals surface area contributed by atoms with Gasteiger partial charge in [0, 0.05) is 22.4 Å². The Balaban J connectivity index is 1.80. The SMILES string of the molecule is C=Nc1cn(-c2cccc(C(C)(C)c3cccc(-n4cc(C#N)nc4C(C)(C)C)n3)n2)c(C(C)(C)C)n1. The number of hydrogen-bond donors (Lipinski definition) is 0. The summed E-state index contributed by atoms with van der Waals surface area (Å²) < 4.78 is 3.89. The summed E-state index contributed by atoms with van der Waals surface area (Å²) in [6, 6.07) is 14.1. The molecule has 0 aromatic carbocycles. The van der Waals surface area contributed by atoms with Crippen molar-refractivity contribution in [3.8, 4) is 17.7 Å². The van der Waals surface area contributed by atoms with Gasteiger partial charge in [-0.15, -0.1) is 0 Å². The first-order valence-corrected chi connectivity index (χ1v) is 12.3. The fourth-order valence-electron chi connectivity index (χ4n) is 4.23. The Labute approximate surface area is 218 Å². The molecule has 0 spiro atoms. The van der Waals surface area contributed by atoms with Gasteiger partial charge in [-0.2, -0.15) is 5.26 Å². The van der Waals surface area contributed by atoms with E-state index in [-0.39, 0.29) is 10.8 Å². The molecule has 0 aliphatic carbocycles. The summed E-state index contributed by atoms with van der Waals surface area (Å²) in [5, 5.41) is 9.46. The molecular weight excluding hydrogens is 460 g/mol. The van der Waals surface area contributed by atoms with Gasteiger partial charge in [0.25, 0.3) is 0 Å². The van der Waals surface area contributed by atoms with Crippen molar-refractivity contribution in [2.24, 2.45) is 4.99 Å². The van der Waals surface area contributed by atoms with E-state index < -0.39 is 5.41 Å². The number of nitriles is 1. The van der Waals surface area contributed by atoms with Gasteiger partial charge in [-0.3, -0.25) is 9.13 Å². The van der Waals surface area contributed by atoms with Crippen LogP contribution in [0.5, 0.6) is 0 Å². The maximum Gasteiger partial charge on any atom is 0.170 e. The van der Waals surface area contributed by atoms with Crippen molar-refractivity contribution in [1.82, 2.24) is 29.1 Å². The van der Waals surface area contributed by atoms with Gasteiger partial charge in [-0.25, -0.2) is 24.9 Å². The van der Waals surface area contributed by atoms with Crippen molar-refractivity contribution >= 4 is 12.5 Å². The molecule has 0 radical (unpaired) electrons. The lowest BCUT2D eigenvalue weighted by molar-refractivity contribution is 0.530. The highest BCUT2D eigenvalue weighted by Gasteiger charge is 2.29. The summed E-state index contributed by atoms with van der Waals surface area (Å²) in [7, 11) is 0. The smallest absolute Gasteiger partial charge is 0.170 e. The lowest BCUT2D eigenvalue weighted by Gasteiger charge is -2.26. The van der Waals surface area contributed by atoms with Gasteiger partial charge in [0.1, 0.15) is 29.4 Å². The summed E-state index contributed by atoms with van der Waals surface area (Å²) in [5.74, 6) is 3.69. The number of rotatable bonds is 5. The standard InChI is InChI=1S/C29H34N8/c1-27(2,3)25-32-19(16-30)17-36(25)23-14-10-12-20(33-23)29(7,8)21-13-11-15-24(34-21)37-18-22(31-9)35-26(37)28(4,5)6/h10-15,17-18H,9H2,1-8H3. The van der Waals surface area contributed by atoms with Crippen LogP contribution in [0.3, 0.4) is 0 Å². The summed E-state index contributed by atoms with van der Waals surface area (Å²) in [6.45, 7) is 20.4. The van der Waals surface area contributed by atoms with E-state index >= 15 is 0 Å². The number of hydrogen-bond acceptors (Lipinski definition) is 6. The molecule has 8 heteroatoms. The highest BCUT2D eigenvalue weighted by molar-refractivity contribution is 5.44. The van der Waals surface area contributed by atoms with E-state index in [1.165, 1.54) is 0 Å². The molecule has 0 amide bonds. The van der Waals surface area contributed by atoms with Crippen LogP contribution in [0.4, 0.5) is 5.82 Å². The zero-order chi connectivity index (χ0) is 27.2. The van der Waals surface area contributed by atoms with Gasteiger partial charge in [-0.05, 0) is 44.8 Å². The van der Waals surface area contributed by atoms with Crippen LogP contribution in [0.1, 0.15) is 84.1 Å². The molecule has 0 atom stereocenters. The fraction of sp³-hybridized carbons (Fsp3) is 0.379. The first-order chi connectivity index (χ1) is 17.3. The van der Waals surface area contributed by atoms with Gasteiger partial charge in [0.2, 0.25) is 0 Å².